The Morgan fingerprint density at radius 1 is 1.50 bits per heavy atom. The Kier molecular flexibility index (Phi) is 10.4. The van der Waals surface area contributed by atoms with E-state index in [0.717, 1.165) is 13.3 Å². The average molecular weight is 232 g/mol. The van der Waals surface area contributed by atoms with Crippen LogP contribution in [0.25, 0.3) is 0 Å². The van der Waals surface area contributed by atoms with Crippen LogP contribution in [0.5, 0.6) is 0 Å². The Labute approximate surface area is 94.9 Å². The summed E-state index contributed by atoms with van der Waals surface area (Å²) in [7, 11) is 0. The zero-order valence-corrected chi connectivity index (χ0v) is 9.80. The molecule has 94 valence electrons. The normalized spacial score (nSPS) is 11.8. The molecule has 0 heterocycles. The lowest BCUT2D eigenvalue weighted by atomic mass is 10.1. The van der Waals surface area contributed by atoms with Crippen LogP contribution >= 0.6 is 0 Å². The van der Waals surface area contributed by atoms with Gasteiger partial charge < -0.3 is 16.6 Å². The lowest BCUT2D eigenvalue weighted by Gasteiger charge is -2.07. The van der Waals surface area contributed by atoms with Gasteiger partial charge >= 0.3 is 6.03 Å². The summed E-state index contributed by atoms with van der Waals surface area (Å²) < 4.78 is 0. The first kappa shape index (κ1) is 16.8. The minimum Gasteiger partial charge on any atom is -0.481 e. The van der Waals surface area contributed by atoms with E-state index in [9.17, 15) is 4.79 Å². The van der Waals surface area contributed by atoms with E-state index in [-0.39, 0.29) is 6.04 Å². The fourth-order valence-corrected chi connectivity index (χ4v) is 0.802. The number of urea groups is 1. The van der Waals surface area contributed by atoms with Crippen LogP contribution in [0.15, 0.2) is 5.10 Å². The Balaban J connectivity index is 0. The first-order chi connectivity index (χ1) is 7.25. The van der Waals surface area contributed by atoms with Gasteiger partial charge in [-0.2, -0.15) is 5.10 Å². The van der Waals surface area contributed by atoms with Crippen molar-refractivity contribution in [3.63, 3.8) is 0 Å². The number of carboxylic acid groups (broad SMARTS) is 1. The Hall–Kier alpha value is -1.63. The second kappa shape index (κ2) is 9.91. The van der Waals surface area contributed by atoms with Crippen LogP contribution in [0.4, 0.5) is 4.79 Å². The van der Waals surface area contributed by atoms with Gasteiger partial charge in [0.15, 0.2) is 0 Å². The second-order valence-corrected chi connectivity index (χ2v) is 3.57. The zero-order chi connectivity index (χ0) is 13.1. The molecule has 0 aromatic carbocycles. The molecular weight excluding hydrogens is 212 g/mol. The number of hydrogen-bond donors (Lipinski definition) is 4. The molecule has 0 aliphatic carbocycles. The Morgan fingerprint density at radius 2 is 1.94 bits per heavy atom. The molecule has 7 heteroatoms. The van der Waals surface area contributed by atoms with Gasteiger partial charge in [0, 0.05) is 19.2 Å². The van der Waals surface area contributed by atoms with Gasteiger partial charge in [0.25, 0.3) is 5.97 Å². The molecule has 0 saturated heterocycles. The smallest absolute Gasteiger partial charge is 0.332 e. The van der Waals surface area contributed by atoms with Crippen molar-refractivity contribution in [3.8, 4) is 0 Å². The molecular formula is C9H20N4O3. The number of hydrogen-bond acceptors (Lipinski definition) is 4. The fourth-order valence-electron chi connectivity index (χ4n) is 0.802. The van der Waals surface area contributed by atoms with Gasteiger partial charge in [0.2, 0.25) is 0 Å². The van der Waals surface area contributed by atoms with Crippen LogP contribution in [-0.2, 0) is 4.79 Å². The van der Waals surface area contributed by atoms with Crippen molar-refractivity contribution in [2.24, 2.45) is 22.5 Å². The average Bonchev–Trinajstić information content (AvgIpc) is 1.99. The van der Waals surface area contributed by atoms with Crippen LogP contribution in [0.2, 0.25) is 0 Å². The van der Waals surface area contributed by atoms with Gasteiger partial charge in [-0.15, -0.1) is 0 Å². The first-order valence-electron chi connectivity index (χ1n) is 4.79. The number of nitrogens with two attached hydrogens (primary N) is 2. The molecule has 0 unspecified atom stereocenters. The van der Waals surface area contributed by atoms with E-state index >= 15 is 0 Å². The molecule has 0 spiro atoms. The topological polar surface area (TPSA) is 131 Å². The number of amides is 2. The molecule has 0 aromatic rings. The minimum atomic E-state index is -0.833. The number of rotatable bonds is 4. The molecule has 0 rings (SSSR count). The van der Waals surface area contributed by atoms with Crippen LogP contribution < -0.4 is 16.9 Å². The van der Waals surface area contributed by atoms with Gasteiger partial charge in [-0.1, -0.05) is 13.8 Å². The summed E-state index contributed by atoms with van der Waals surface area (Å²) in [6, 6.07) is -0.806. The predicted octanol–water partition coefficient (Wildman–Crippen LogP) is 0.105. The summed E-state index contributed by atoms with van der Waals surface area (Å²) in [5.74, 6) is -0.319. The lowest BCUT2D eigenvalue weighted by molar-refractivity contribution is -0.134. The second-order valence-electron chi connectivity index (χ2n) is 3.57. The summed E-state index contributed by atoms with van der Waals surface area (Å²) in [6.45, 7) is 5.21. The molecule has 0 bridgehead atoms. The summed E-state index contributed by atoms with van der Waals surface area (Å²) in [5, 5.41) is 11.0. The highest BCUT2D eigenvalue weighted by Crippen LogP contribution is 2.00. The maximum atomic E-state index is 10.2. The first-order valence-corrected chi connectivity index (χ1v) is 4.79. The van der Waals surface area contributed by atoms with E-state index in [1.54, 1.807) is 0 Å². The van der Waals surface area contributed by atoms with Gasteiger partial charge in [0.1, 0.15) is 0 Å². The number of aliphatic carboxylic acids is 1. The van der Waals surface area contributed by atoms with Crippen molar-refractivity contribution < 1.29 is 14.7 Å². The standard InChI is InChI=1S/C7H16N4O.C2H4O2/c1-5(2)3-6(8)4-10-11-7(9)12;1-2(3)4/h4-6H,3,8H2,1-2H3,(H3,9,11,12);1H3,(H,3,4)/b10-4+;/t6-;/m0./s1. The van der Waals surface area contributed by atoms with Crippen molar-refractivity contribution in [1.82, 2.24) is 5.43 Å². The van der Waals surface area contributed by atoms with Gasteiger partial charge in [0.05, 0.1) is 0 Å². The van der Waals surface area contributed by atoms with Gasteiger partial charge in [-0.3, -0.25) is 4.79 Å². The highest BCUT2D eigenvalue weighted by Gasteiger charge is 2.01. The summed E-state index contributed by atoms with van der Waals surface area (Å²) >= 11 is 0. The largest absolute Gasteiger partial charge is 0.481 e. The van der Waals surface area contributed by atoms with E-state index < -0.39 is 12.0 Å². The maximum Gasteiger partial charge on any atom is 0.332 e. The third-order valence-corrected chi connectivity index (χ3v) is 1.18. The summed E-state index contributed by atoms with van der Waals surface area (Å²) in [4.78, 5) is 19.2. The fraction of sp³-hybridized carbons (Fsp3) is 0.667. The maximum absolute atomic E-state index is 10.2. The Bertz CT molecular complexity index is 237. The number of carboxylic acids is 1. The molecule has 1 atom stereocenters. The minimum absolute atomic E-state index is 0.128. The van der Waals surface area contributed by atoms with E-state index in [1.165, 1.54) is 6.21 Å². The molecule has 0 aliphatic heterocycles. The molecule has 0 radical (unpaired) electrons. The number of hydrazone groups is 1. The van der Waals surface area contributed by atoms with E-state index in [0.29, 0.717) is 5.92 Å². The number of nitrogens with one attached hydrogen (secondary N) is 1. The van der Waals surface area contributed by atoms with Crippen molar-refractivity contribution in [2.75, 3.05) is 0 Å². The highest BCUT2D eigenvalue weighted by atomic mass is 16.4. The lowest BCUT2D eigenvalue weighted by Crippen LogP contribution is -2.28. The SMILES string of the molecule is CC(=O)O.CC(C)C[C@H](N)/C=N/NC(N)=O. The Morgan fingerprint density at radius 3 is 2.25 bits per heavy atom. The van der Waals surface area contributed by atoms with Gasteiger partial charge in [-0.25, -0.2) is 10.2 Å². The number of primary amides is 1. The van der Waals surface area contributed by atoms with Crippen LogP contribution in [0.1, 0.15) is 27.2 Å². The number of carbonyl (C=O) groups is 2. The quantitative estimate of drug-likeness (QED) is 0.404. The van der Waals surface area contributed by atoms with E-state index in [4.69, 9.17) is 21.4 Å². The molecule has 0 saturated carbocycles. The molecule has 0 aromatic heterocycles. The zero-order valence-electron chi connectivity index (χ0n) is 9.80. The van der Waals surface area contributed by atoms with Crippen LogP contribution in [0, 0.1) is 5.92 Å². The molecule has 16 heavy (non-hydrogen) atoms. The number of carbonyl (C=O) groups excluding carboxylic acids is 1. The van der Waals surface area contributed by atoms with Crippen LogP contribution in [0.3, 0.4) is 0 Å². The molecule has 6 N–H and O–H groups in total. The predicted molar refractivity (Wildman–Crippen MR) is 62.0 cm³/mol. The third kappa shape index (κ3) is 22.8. The highest BCUT2D eigenvalue weighted by molar-refractivity contribution is 5.73. The van der Waals surface area contributed by atoms with E-state index in [1.807, 2.05) is 0 Å². The molecule has 7 nitrogen and oxygen atoms in total. The van der Waals surface area contributed by atoms with Crippen molar-refractivity contribution in [2.45, 2.75) is 33.2 Å². The molecule has 0 fully saturated rings. The van der Waals surface area contributed by atoms with E-state index in [2.05, 4.69) is 24.4 Å². The van der Waals surface area contributed by atoms with Crippen molar-refractivity contribution >= 4 is 18.2 Å². The monoisotopic (exact) mass is 232 g/mol. The summed E-state index contributed by atoms with van der Waals surface area (Å²) in [5.41, 5.74) is 12.5. The molecule has 0 aliphatic rings. The van der Waals surface area contributed by atoms with Gasteiger partial charge in [-0.05, 0) is 12.3 Å². The summed E-state index contributed by atoms with van der Waals surface area (Å²) in [6.07, 6.45) is 2.31. The molecule has 2 amide bonds. The number of nitrogens with zero attached hydrogens (tertiary/aromatic N) is 1. The third-order valence-electron chi connectivity index (χ3n) is 1.18. The van der Waals surface area contributed by atoms with Crippen molar-refractivity contribution in [1.29, 1.82) is 0 Å². The van der Waals surface area contributed by atoms with Crippen molar-refractivity contribution in [3.05, 3.63) is 0 Å². The van der Waals surface area contributed by atoms with Crippen LogP contribution in [-0.4, -0.2) is 29.4 Å².